The van der Waals surface area contributed by atoms with E-state index in [9.17, 15) is 20.1 Å². The first-order chi connectivity index (χ1) is 19.5. The third-order valence-corrected chi connectivity index (χ3v) is 7.20. The van der Waals surface area contributed by atoms with E-state index in [1.54, 1.807) is 36.4 Å². The second-order valence-corrected chi connectivity index (χ2v) is 10.1. The van der Waals surface area contributed by atoms with E-state index in [0.717, 1.165) is 45.2 Å². The van der Waals surface area contributed by atoms with Crippen LogP contribution in [0.3, 0.4) is 0 Å². The summed E-state index contributed by atoms with van der Waals surface area (Å²) in [5, 5.41) is 22.4. The third-order valence-electron chi connectivity index (χ3n) is 7.20. The van der Waals surface area contributed by atoms with Gasteiger partial charge in [0.05, 0.1) is 17.2 Å². The minimum atomic E-state index is -0.297. The van der Waals surface area contributed by atoms with Gasteiger partial charge >= 0.3 is 0 Å². The Bertz CT molecular complexity index is 1390. The van der Waals surface area contributed by atoms with Crippen LogP contribution in [-0.2, 0) is 12.8 Å². The number of nitrogens with zero attached hydrogens (tertiary/aromatic N) is 4. The van der Waals surface area contributed by atoms with Gasteiger partial charge in [0.1, 0.15) is 47.5 Å². The van der Waals surface area contributed by atoms with Gasteiger partial charge in [0.25, 0.3) is 0 Å². The number of aromatic nitrogens is 2. The van der Waals surface area contributed by atoms with Crippen molar-refractivity contribution in [3.8, 4) is 23.6 Å². The van der Waals surface area contributed by atoms with Crippen LogP contribution in [0.1, 0.15) is 75.3 Å². The summed E-state index contributed by atoms with van der Waals surface area (Å²) in [6.07, 6.45) is 6.48. The molecule has 0 unspecified atom stereocenters. The summed E-state index contributed by atoms with van der Waals surface area (Å²) in [5.74, 6) is 0.448. The molecule has 2 heterocycles. The highest BCUT2D eigenvalue weighted by Crippen LogP contribution is 2.28. The van der Waals surface area contributed by atoms with E-state index < -0.39 is 0 Å². The molecule has 3 aromatic rings. The molecule has 5 rings (SSSR count). The van der Waals surface area contributed by atoms with Crippen molar-refractivity contribution < 1.29 is 19.1 Å². The molecule has 9 nitrogen and oxygen atoms in total. The molecule has 2 fully saturated rings. The van der Waals surface area contributed by atoms with Gasteiger partial charge in [0.2, 0.25) is 0 Å². The number of carbonyl (C=O) groups is 2. The van der Waals surface area contributed by atoms with Crippen molar-refractivity contribution in [2.24, 2.45) is 0 Å². The lowest BCUT2D eigenvalue weighted by molar-refractivity contribution is 0.0987. The Hall–Kier alpha value is -4.60. The SMILES string of the molecule is N#Cc1cc(CC(=O)c2cc(C(=O)Cc3ccc(O[C@@H]4CCNC4)c(C#N)c3)ncn2)ccc1OC1CCCC1. The second kappa shape index (κ2) is 12.5. The highest BCUT2D eigenvalue weighted by Gasteiger charge is 2.21. The highest BCUT2D eigenvalue weighted by atomic mass is 16.5. The molecule has 1 N–H and O–H groups in total. The number of nitrogens with one attached hydrogen (secondary N) is 1. The maximum absolute atomic E-state index is 13.0. The molecular weight excluding hydrogens is 506 g/mol. The molecular formula is C31H29N5O4. The van der Waals surface area contributed by atoms with Gasteiger partial charge in [0, 0.05) is 19.4 Å². The average molecular weight is 536 g/mol. The van der Waals surface area contributed by atoms with E-state index in [4.69, 9.17) is 9.47 Å². The van der Waals surface area contributed by atoms with Crippen LogP contribution in [0.25, 0.3) is 0 Å². The van der Waals surface area contributed by atoms with E-state index in [-0.39, 0.29) is 48.0 Å². The smallest absolute Gasteiger partial charge is 0.185 e. The first kappa shape index (κ1) is 27.0. The first-order valence-corrected chi connectivity index (χ1v) is 13.5. The molecule has 2 aromatic carbocycles. The molecule has 1 aromatic heterocycles. The molecule has 1 aliphatic carbocycles. The number of hydrogen-bond acceptors (Lipinski definition) is 9. The highest BCUT2D eigenvalue weighted by molar-refractivity contribution is 6.00. The number of nitriles is 2. The number of benzene rings is 2. The van der Waals surface area contributed by atoms with Crippen molar-refractivity contribution in [1.82, 2.24) is 15.3 Å². The maximum Gasteiger partial charge on any atom is 0.185 e. The van der Waals surface area contributed by atoms with Crippen LogP contribution in [0.2, 0.25) is 0 Å². The fourth-order valence-corrected chi connectivity index (χ4v) is 5.06. The molecule has 0 amide bonds. The molecule has 0 spiro atoms. The van der Waals surface area contributed by atoms with Crippen molar-refractivity contribution >= 4 is 11.6 Å². The van der Waals surface area contributed by atoms with Gasteiger partial charge in [-0.3, -0.25) is 9.59 Å². The quantitative estimate of drug-likeness (QED) is 0.380. The first-order valence-electron chi connectivity index (χ1n) is 13.5. The lowest BCUT2D eigenvalue weighted by Crippen LogP contribution is -2.20. The topological polar surface area (TPSA) is 138 Å². The van der Waals surface area contributed by atoms with Crippen LogP contribution in [0.15, 0.2) is 48.8 Å². The van der Waals surface area contributed by atoms with Gasteiger partial charge in [-0.25, -0.2) is 9.97 Å². The molecule has 1 atom stereocenters. The average Bonchev–Trinajstić information content (AvgIpc) is 3.69. The number of ketones is 2. The number of Topliss-reactive ketones (excluding diaryl/α,β-unsaturated/α-hetero) is 2. The van der Waals surface area contributed by atoms with Crippen molar-refractivity contribution in [2.75, 3.05) is 13.1 Å². The summed E-state index contributed by atoms with van der Waals surface area (Å²) in [5.41, 5.74) is 2.30. The molecule has 202 valence electrons. The zero-order valence-corrected chi connectivity index (χ0v) is 22.1. The van der Waals surface area contributed by atoms with Crippen LogP contribution < -0.4 is 14.8 Å². The fraction of sp³-hybridized carbons (Fsp3) is 0.355. The number of rotatable bonds is 10. The molecule has 0 radical (unpaired) electrons. The standard InChI is InChI=1S/C31H29N5O4/c32-16-22-11-20(5-7-30(22)39-24-3-1-2-4-24)13-28(37)26-15-27(36-19-35-26)29(38)14-21-6-8-31(23(12-21)17-33)40-25-9-10-34-18-25/h5-8,11-12,15,19,24-25,34H,1-4,9-10,13-14,18H2/t25-/m1/s1. The van der Waals surface area contributed by atoms with Crippen LogP contribution in [0.4, 0.5) is 0 Å². The summed E-state index contributed by atoms with van der Waals surface area (Å²) in [4.78, 5) is 34.1. The fourth-order valence-electron chi connectivity index (χ4n) is 5.06. The molecule has 0 bridgehead atoms. The van der Waals surface area contributed by atoms with Crippen molar-refractivity contribution in [3.63, 3.8) is 0 Å². The van der Waals surface area contributed by atoms with Crippen molar-refractivity contribution in [1.29, 1.82) is 10.5 Å². The zero-order valence-electron chi connectivity index (χ0n) is 22.1. The Morgan fingerprint density at radius 1 is 0.800 bits per heavy atom. The van der Waals surface area contributed by atoms with Gasteiger partial charge in [-0.15, -0.1) is 0 Å². The van der Waals surface area contributed by atoms with E-state index in [1.165, 1.54) is 12.4 Å². The number of carbonyl (C=O) groups excluding carboxylic acids is 2. The molecule has 1 aliphatic heterocycles. The van der Waals surface area contributed by atoms with Gasteiger partial charge in [0.15, 0.2) is 11.6 Å². The summed E-state index contributed by atoms with van der Waals surface area (Å²) < 4.78 is 11.9. The summed E-state index contributed by atoms with van der Waals surface area (Å²) in [6.45, 7) is 1.62. The number of ether oxygens (including phenoxy) is 2. The van der Waals surface area contributed by atoms with Gasteiger partial charge in [-0.05, 0) is 80.1 Å². The Morgan fingerprint density at radius 3 is 1.85 bits per heavy atom. The number of hydrogen-bond donors (Lipinski definition) is 1. The molecule has 2 aliphatic rings. The van der Waals surface area contributed by atoms with Crippen molar-refractivity contribution in [3.05, 3.63) is 82.4 Å². The Morgan fingerprint density at radius 2 is 1.35 bits per heavy atom. The predicted molar refractivity (Wildman–Crippen MR) is 145 cm³/mol. The van der Waals surface area contributed by atoms with Crippen LogP contribution in [-0.4, -0.2) is 46.8 Å². The summed E-state index contributed by atoms with van der Waals surface area (Å²) in [6, 6.07) is 16.0. The largest absolute Gasteiger partial charge is 0.489 e. The van der Waals surface area contributed by atoms with Gasteiger partial charge < -0.3 is 14.8 Å². The normalized spacial score (nSPS) is 16.7. The Labute approximate surface area is 232 Å². The van der Waals surface area contributed by atoms with E-state index in [2.05, 4.69) is 27.4 Å². The third kappa shape index (κ3) is 6.51. The molecule has 1 saturated heterocycles. The Kier molecular flexibility index (Phi) is 8.44. The van der Waals surface area contributed by atoms with Crippen LogP contribution in [0, 0.1) is 22.7 Å². The maximum atomic E-state index is 13.0. The summed E-state index contributed by atoms with van der Waals surface area (Å²) >= 11 is 0. The minimum Gasteiger partial charge on any atom is -0.489 e. The second-order valence-electron chi connectivity index (χ2n) is 10.1. The van der Waals surface area contributed by atoms with Crippen LogP contribution >= 0.6 is 0 Å². The predicted octanol–water partition coefficient (Wildman–Crippen LogP) is 4.13. The van der Waals surface area contributed by atoms with Gasteiger partial charge in [-0.1, -0.05) is 12.1 Å². The molecule has 1 saturated carbocycles. The van der Waals surface area contributed by atoms with Crippen LogP contribution in [0.5, 0.6) is 11.5 Å². The zero-order chi connectivity index (χ0) is 27.9. The summed E-state index contributed by atoms with van der Waals surface area (Å²) in [7, 11) is 0. The lowest BCUT2D eigenvalue weighted by atomic mass is 10.0. The lowest BCUT2D eigenvalue weighted by Gasteiger charge is -2.14. The molecule has 40 heavy (non-hydrogen) atoms. The van der Waals surface area contributed by atoms with E-state index >= 15 is 0 Å². The monoisotopic (exact) mass is 535 g/mol. The minimum absolute atomic E-state index is 0.0125. The van der Waals surface area contributed by atoms with E-state index in [1.807, 2.05) is 0 Å². The van der Waals surface area contributed by atoms with Gasteiger partial charge in [-0.2, -0.15) is 10.5 Å². The van der Waals surface area contributed by atoms with E-state index in [0.29, 0.717) is 33.8 Å². The van der Waals surface area contributed by atoms with Crippen molar-refractivity contribution in [2.45, 2.75) is 57.2 Å². The molecule has 9 heteroatoms. The Balaban J connectivity index is 1.24.